The fraction of sp³-hybridized carbons (Fsp3) is 0.200. The zero-order valence-electron chi connectivity index (χ0n) is 11.8. The van der Waals surface area contributed by atoms with Crippen molar-refractivity contribution >= 4 is 17.0 Å². The quantitative estimate of drug-likeness (QED) is 0.797. The van der Waals surface area contributed by atoms with Crippen LogP contribution in [0, 0.1) is 13.8 Å². The van der Waals surface area contributed by atoms with Gasteiger partial charge in [-0.2, -0.15) is 4.98 Å². The molecule has 108 valence electrons. The van der Waals surface area contributed by atoms with E-state index < -0.39 is 0 Å². The number of aryl methyl sites for hydroxylation is 2. The minimum absolute atomic E-state index is 0.447. The fourth-order valence-corrected chi connectivity index (χ4v) is 2.64. The van der Waals surface area contributed by atoms with E-state index in [0.29, 0.717) is 18.3 Å². The second kappa shape index (κ2) is 5.57. The first-order valence-corrected chi connectivity index (χ1v) is 7.42. The summed E-state index contributed by atoms with van der Waals surface area (Å²) in [5.41, 5.74) is 9.51. The smallest absolute Gasteiger partial charge is 0.258 e. The zero-order valence-corrected chi connectivity index (χ0v) is 12.6. The van der Waals surface area contributed by atoms with Crippen LogP contribution in [0.3, 0.4) is 0 Å². The van der Waals surface area contributed by atoms with Gasteiger partial charge in [0.05, 0.1) is 0 Å². The molecule has 0 saturated carbocycles. The van der Waals surface area contributed by atoms with E-state index in [-0.39, 0.29) is 0 Å². The Balaban J connectivity index is 1.83. The molecule has 6 heteroatoms. The lowest BCUT2D eigenvalue weighted by atomic mass is 10.1. The summed E-state index contributed by atoms with van der Waals surface area (Å²) in [6.45, 7) is 4.23. The van der Waals surface area contributed by atoms with Gasteiger partial charge in [-0.15, -0.1) is 11.3 Å². The number of anilines is 1. The van der Waals surface area contributed by atoms with Gasteiger partial charge >= 0.3 is 0 Å². The Kier molecular flexibility index (Phi) is 3.62. The molecule has 2 aromatic heterocycles. The molecule has 0 fully saturated rings. The number of hydrogen-bond donors (Lipinski definition) is 1. The van der Waals surface area contributed by atoms with Crippen molar-refractivity contribution in [2.75, 3.05) is 5.73 Å². The van der Waals surface area contributed by atoms with Crippen LogP contribution in [0.15, 0.2) is 33.5 Å². The van der Waals surface area contributed by atoms with Gasteiger partial charge in [0, 0.05) is 22.2 Å². The van der Waals surface area contributed by atoms with E-state index in [1.807, 2.05) is 35.9 Å². The Morgan fingerprint density at radius 3 is 2.81 bits per heavy atom. The molecule has 0 aliphatic heterocycles. The van der Waals surface area contributed by atoms with Crippen LogP contribution in [0.4, 0.5) is 5.69 Å². The average molecular weight is 301 g/mol. The van der Waals surface area contributed by atoms with Gasteiger partial charge in [-0.05, 0) is 36.9 Å². The third-order valence-corrected chi connectivity index (χ3v) is 3.93. The first kappa shape index (κ1) is 13.6. The highest BCUT2D eigenvalue weighted by Crippen LogP contribution is 2.27. The highest BCUT2D eigenvalue weighted by atomic mass is 32.1. The average Bonchev–Trinajstić information content (AvgIpc) is 3.07. The molecule has 3 aromatic rings. The molecule has 2 heterocycles. The second-order valence-corrected chi connectivity index (χ2v) is 5.51. The predicted octanol–water partition coefficient (Wildman–Crippen LogP) is 3.58. The van der Waals surface area contributed by atoms with Gasteiger partial charge in [-0.25, -0.2) is 0 Å². The zero-order chi connectivity index (χ0) is 14.8. The summed E-state index contributed by atoms with van der Waals surface area (Å²) in [4.78, 5) is 4.22. The Labute approximate surface area is 126 Å². The molecule has 0 atom stereocenters. The number of nitrogen functional groups attached to an aromatic ring is 1. The first-order chi connectivity index (χ1) is 10.1. The highest BCUT2D eigenvalue weighted by molar-refractivity contribution is 7.08. The Morgan fingerprint density at radius 1 is 1.29 bits per heavy atom. The fourth-order valence-electron chi connectivity index (χ4n) is 1.91. The van der Waals surface area contributed by atoms with E-state index in [0.717, 1.165) is 28.1 Å². The van der Waals surface area contributed by atoms with Gasteiger partial charge in [0.15, 0.2) is 5.82 Å². The maximum atomic E-state index is 5.87. The van der Waals surface area contributed by atoms with E-state index in [2.05, 4.69) is 10.1 Å². The summed E-state index contributed by atoms with van der Waals surface area (Å²) in [5, 5.41) is 7.70. The number of thiophene rings is 1. The number of rotatable bonds is 4. The minimum atomic E-state index is 0.447. The lowest BCUT2D eigenvalue weighted by Gasteiger charge is -2.09. The van der Waals surface area contributed by atoms with Crippen molar-refractivity contribution in [1.82, 2.24) is 10.1 Å². The molecule has 0 bridgehead atoms. The van der Waals surface area contributed by atoms with Crippen molar-refractivity contribution in [2.24, 2.45) is 0 Å². The third kappa shape index (κ3) is 2.90. The highest BCUT2D eigenvalue weighted by Gasteiger charge is 2.10. The van der Waals surface area contributed by atoms with Gasteiger partial charge in [0.2, 0.25) is 0 Å². The van der Waals surface area contributed by atoms with Crippen LogP contribution in [0.1, 0.15) is 17.0 Å². The summed E-state index contributed by atoms with van der Waals surface area (Å²) in [6, 6.07) is 5.82. The van der Waals surface area contributed by atoms with Crippen molar-refractivity contribution in [3.8, 4) is 17.2 Å². The molecule has 21 heavy (non-hydrogen) atoms. The molecule has 2 N–H and O–H groups in total. The van der Waals surface area contributed by atoms with Gasteiger partial charge in [-0.1, -0.05) is 11.2 Å². The van der Waals surface area contributed by atoms with E-state index in [1.165, 1.54) is 0 Å². The summed E-state index contributed by atoms with van der Waals surface area (Å²) >= 11 is 1.57. The monoisotopic (exact) mass is 301 g/mol. The van der Waals surface area contributed by atoms with Crippen LogP contribution < -0.4 is 10.5 Å². The Bertz CT molecular complexity index is 764. The van der Waals surface area contributed by atoms with Crippen LogP contribution in [-0.4, -0.2) is 10.1 Å². The van der Waals surface area contributed by atoms with Gasteiger partial charge in [0.1, 0.15) is 12.4 Å². The van der Waals surface area contributed by atoms with E-state index in [1.54, 1.807) is 18.3 Å². The number of benzene rings is 1. The summed E-state index contributed by atoms with van der Waals surface area (Å²) < 4.78 is 11.0. The molecule has 0 saturated heterocycles. The topological polar surface area (TPSA) is 74.2 Å². The largest absolute Gasteiger partial charge is 0.488 e. The van der Waals surface area contributed by atoms with Crippen molar-refractivity contribution < 1.29 is 9.26 Å². The molecule has 0 radical (unpaired) electrons. The van der Waals surface area contributed by atoms with Crippen LogP contribution in [0.25, 0.3) is 11.5 Å². The van der Waals surface area contributed by atoms with Crippen molar-refractivity contribution in [1.29, 1.82) is 0 Å². The number of nitrogens with two attached hydrogens (primary N) is 1. The van der Waals surface area contributed by atoms with Gasteiger partial charge < -0.3 is 15.0 Å². The van der Waals surface area contributed by atoms with Crippen LogP contribution in [0.2, 0.25) is 0 Å². The lowest BCUT2D eigenvalue weighted by molar-refractivity contribution is 0.305. The molecule has 0 spiro atoms. The molecule has 5 nitrogen and oxygen atoms in total. The van der Waals surface area contributed by atoms with E-state index in [4.69, 9.17) is 15.0 Å². The van der Waals surface area contributed by atoms with Gasteiger partial charge in [0.25, 0.3) is 5.89 Å². The summed E-state index contributed by atoms with van der Waals surface area (Å²) in [5.74, 6) is 1.89. The van der Waals surface area contributed by atoms with Crippen LogP contribution >= 0.6 is 11.3 Å². The number of hydrogen-bond acceptors (Lipinski definition) is 6. The van der Waals surface area contributed by atoms with Crippen molar-refractivity contribution in [3.63, 3.8) is 0 Å². The van der Waals surface area contributed by atoms with E-state index >= 15 is 0 Å². The van der Waals surface area contributed by atoms with Crippen molar-refractivity contribution in [3.05, 3.63) is 45.9 Å². The molecule has 0 amide bonds. The number of ether oxygens (including phenoxy) is 1. The van der Waals surface area contributed by atoms with Crippen LogP contribution in [-0.2, 0) is 6.61 Å². The molecular weight excluding hydrogens is 286 g/mol. The predicted molar refractivity (Wildman–Crippen MR) is 82.3 cm³/mol. The van der Waals surface area contributed by atoms with Crippen molar-refractivity contribution in [2.45, 2.75) is 20.5 Å². The SMILES string of the molecule is Cc1noc(-c2ccc(C)c(OCc3cscc3N)c2)n1. The second-order valence-electron chi connectivity index (χ2n) is 4.77. The third-order valence-electron chi connectivity index (χ3n) is 3.12. The Hall–Kier alpha value is -2.34. The standard InChI is InChI=1S/C15H15N3O2S/c1-9-3-4-11(15-17-10(2)18-20-15)5-14(9)19-6-12-7-21-8-13(12)16/h3-5,7-8H,6,16H2,1-2H3. The molecular formula is C15H15N3O2S. The molecule has 3 rings (SSSR count). The lowest BCUT2D eigenvalue weighted by Crippen LogP contribution is -1.99. The number of aromatic nitrogens is 2. The first-order valence-electron chi connectivity index (χ1n) is 6.48. The summed E-state index contributed by atoms with van der Waals surface area (Å²) in [7, 11) is 0. The van der Waals surface area contributed by atoms with Gasteiger partial charge in [-0.3, -0.25) is 0 Å². The number of nitrogens with zero attached hydrogens (tertiary/aromatic N) is 2. The van der Waals surface area contributed by atoms with Crippen LogP contribution in [0.5, 0.6) is 5.75 Å². The molecule has 1 aromatic carbocycles. The minimum Gasteiger partial charge on any atom is -0.488 e. The molecule has 0 aliphatic carbocycles. The summed E-state index contributed by atoms with van der Waals surface area (Å²) in [6.07, 6.45) is 0. The molecule has 0 unspecified atom stereocenters. The maximum Gasteiger partial charge on any atom is 0.258 e. The maximum absolute atomic E-state index is 5.87. The Morgan fingerprint density at radius 2 is 2.14 bits per heavy atom. The molecule has 0 aliphatic rings. The van der Waals surface area contributed by atoms with E-state index in [9.17, 15) is 0 Å². The normalized spacial score (nSPS) is 10.8.